The third-order valence-corrected chi connectivity index (χ3v) is 6.83. The zero-order chi connectivity index (χ0) is 23.9. The number of para-hydroxylation sites is 1. The molecule has 34 heavy (non-hydrogen) atoms. The number of rotatable bonds is 6. The summed E-state index contributed by atoms with van der Waals surface area (Å²) >= 11 is 6.14. The molecule has 4 rings (SSSR count). The monoisotopic (exact) mass is 484 g/mol. The summed E-state index contributed by atoms with van der Waals surface area (Å²) < 4.78 is 5.79. The zero-order valence-electron chi connectivity index (χ0n) is 19.7. The third kappa shape index (κ3) is 6.42. The number of ether oxygens (including phenoxy) is 1. The summed E-state index contributed by atoms with van der Waals surface area (Å²) in [5.74, 6) is 0.735. The summed E-state index contributed by atoms with van der Waals surface area (Å²) in [5.41, 5.74) is 1.88. The number of hydrogen-bond acceptors (Lipinski definition) is 4. The number of piperazine rings is 1. The molecule has 2 aliphatic heterocycles. The minimum atomic E-state index is -0.133. The molecule has 2 saturated heterocycles. The van der Waals surface area contributed by atoms with E-state index >= 15 is 0 Å². The molecule has 3 amide bonds. The van der Waals surface area contributed by atoms with Crippen LogP contribution in [0.15, 0.2) is 48.5 Å². The molecule has 2 heterocycles. The average molecular weight is 485 g/mol. The minimum Gasteiger partial charge on any atom is -0.491 e. The normalized spacial score (nSPS) is 19.1. The second-order valence-corrected chi connectivity index (χ2v) is 9.44. The number of likely N-dealkylation sites (tertiary alicyclic amines) is 1. The predicted molar refractivity (Wildman–Crippen MR) is 134 cm³/mol. The van der Waals surface area contributed by atoms with Crippen LogP contribution in [0.2, 0.25) is 5.02 Å². The lowest BCUT2D eigenvalue weighted by Gasteiger charge is -2.39. The summed E-state index contributed by atoms with van der Waals surface area (Å²) in [6, 6.07) is 15.1. The van der Waals surface area contributed by atoms with Gasteiger partial charge in [-0.3, -0.25) is 9.69 Å². The lowest BCUT2D eigenvalue weighted by Crippen LogP contribution is -2.53. The Labute approximate surface area is 206 Å². The van der Waals surface area contributed by atoms with Gasteiger partial charge in [0.25, 0.3) is 0 Å². The van der Waals surface area contributed by atoms with Crippen molar-refractivity contribution in [2.24, 2.45) is 5.92 Å². The van der Waals surface area contributed by atoms with Crippen LogP contribution in [0.1, 0.15) is 18.4 Å². The van der Waals surface area contributed by atoms with Gasteiger partial charge in [-0.2, -0.15) is 0 Å². The topological polar surface area (TPSA) is 65.1 Å². The smallest absolute Gasteiger partial charge is 0.321 e. The van der Waals surface area contributed by atoms with E-state index in [0.717, 1.165) is 43.7 Å². The Balaban J connectivity index is 1.21. The molecule has 8 heteroatoms. The van der Waals surface area contributed by atoms with Crippen LogP contribution in [-0.4, -0.2) is 79.1 Å². The van der Waals surface area contributed by atoms with Crippen LogP contribution < -0.4 is 10.1 Å². The van der Waals surface area contributed by atoms with E-state index in [1.54, 1.807) is 4.90 Å². The Bertz CT molecular complexity index is 994. The van der Waals surface area contributed by atoms with Crippen molar-refractivity contribution in [1.29, 1.82) is 0 Å². The van der Waals surface area contributed by atoms with Gasteiger partial charge in [-0.05, 0) is 49.6 Å². The number of carbonyl (C=O) groups is 2. The fraction of sp³-hybridized carbons (Fsp3) is 0.462. The number of nitrogens with zero attached hydrogens (tertiary/aromatic N) is 3. The maximum Gasteiger partial charge on any atom is 0.321 e. The first-order valence-corrected chi connectivity index (χ1v) is 12.4. The van der Waals surface area contributed by atoms with E-state index in [2.05, 4.69) is 10.2 Å². The maximum absolute atomic E-state index is 13.2. The molecule has 7 nitrogen and oxygen atoms in total. The Morgan fingerprint density at radius 1 is 1.03 bits per heavy atom. The summed E-state index contributed by atoms with van der Waals surface area (Å²) in [4.78, 5) is 32.0. The van der Waals surface area contributed by atoms with Gasteiger partial charge >= 0.3 is 6.03 Å². The number of hydrogen-bond donors (Lipinski definition) is 1. The van der Waals surface area contributed by atoms with Gasteiger partial charge in [-0.25, -0.2) is 4.79 Å². The number of piperidine rings is 1. The van der Waals surface area contributed by atoms with Crippen LogP contribution in [0.4, 0.5) is 10.5 Å². The van der Waals surface area contributed by atoms with Crippen LogP contribution in [0.3, 0.4) is 0 Å². The first kappa shape index (κ1) is 24.4. The van der Waals surface area contributed by atoms with Crippen molar-refractivity contribution in [2.75, 3.05) is 57.7 Å². The van der Waals surface area contributed by atoms with Crippen molar-refractivity contribution in [1.82, 2.24) is 14.7 Å². The number of halogens is 1. The SMILES string of the molecule is Cc1cccc(NC(=O)N2CCCC(C(=O)N3CCN(CCOc4ccccc4Cl)CC3)C2)c1. The molecule has 2 aliphatic rings. The fourth-order valence-corrected chi connectivity index (χ4v) is 4.78. The van der Waals surface area contributed by atoms with Crippen molar-refractivity contribution < 1.29 is 14.3 Å². The zero-order valence-corrected chi connectivity index (χ0v) is 20.5. The van der Waals surface area contributed by atoms with Crippen LogP contribution >= 0.6 is 11.6 Å². The minimum absolute atomic E-state index is 0.132. The number of nitrogens with one attached hydrogen (secondary N) is 1. The van der Waals surface area contributed by atoms with E-state index in [9.17, 15) is 9.59 Å². The molecular weight excluding hydrogens is 452 g/mol. The molecule has 1 atom stereocenters. The van der Waals surface area contributed by atoms with Crippen LogP contribution in [0.5, 0.6) is 5.75 Å². The second kappa shape index (κ2) is 11.6. The van der Waals surface area contributed by atoms with E-state index in [0.29, 0.717) is 43.6 Å². The summed E-state index contributed by atoms with van der Waals surface area (Å²) in [5, 5.41) is 3.58. The van der Waals surface area contributed by atoms with Gasteiger partial charge in [0.05, 0.1) is 10.9 Å². The van der Waals surface area contributed by atoms with E-state index < -0.39 is 0 Å². The molecule has 0 saturated carbocycles. The van der Waals surface area contributed by atoms with Gasteiger partial charge in [0, 0.05) is 51.5 Å². The lowest BCUT2D eigenvalue weighted by molar-refractivity contribution is -0.138. The van der Waals surface area contributed by atoms with Crippen LogP contribution in [0.25, 0.3) is 0 Å². The van der Waals surface area contributed by atoms with E-state index in [1.165, 1.54) is 0 Å². The second-order valence-electron chi connectivity index (χ2n) is 9.03. The molecule has 2 fully saturated rings. The number of carbonyl (C=O) groups excluding carboxylic acids is 2. The molecule has 2 aromatic carbocycles. The van der Waals surface area contributed by atoms with Gasteiger partial charge in [-0.15, -0.1) is 0 Å². The lowest BCUT2D eigenvalue weighted by atomic mass is 9.96. The van der Waals surface area contributed by atoms with Gasteiger partial charge in [-0.1, -0.05) is 35.9 Å². The van der Waals surface area contributed by atoms with Crippen molar-refractivity contribution in [2.45, 2.75) is 19.8 Å². The number of benzene rings is 2. The molecule has 2 aromatic rings. The van der Waals surface area contributed by atoms with E-state index in [1.807, 2.05) is 60.4 Å². The van der Waals surface area contributed by atoms with Crippen molar-refractivity contribution in [3.8, 4) is 5.75 Å². The Morgan fingerprint density at radius 2 is 1.82 bits per heavy atom. The van der Waals surface area contributed by atoms with Crippen LogP contribution in [0, 0.1) is 12.8 Å². The molecule has 0 spiro atoms. The van der Waals surface area contributed by atoms with Gasteiger partial charge in [0.15, 0.2) is 0 Å². The highest BCUT2D eigenvalue weighted by Gasteiger charge is 2.32. The number of urea groups is 1. The van der Waals surface area contributed by atoms with Gasteiger partial charge in [0.1, 0.15) is 12.4 Å². The highest BCUT2D eigenvalue weighted by atomic mass is 35.5. The molecule has 0 aliphatic carbocycles. The standard InChI is InChI=1S/C26H33ClN4O3/c1-20-6-4-8-22(18-20)28-26(33)31-11-5-7-21(19-31)25(32)30-14-12-29(13-15-30)16-17-34-24-10-3-2-9-23(24)27/h2-4,6,8-10,18,21H,5,7,11-17,19H2,1H3,(H,28,33). The molecule has 182 valence electrons. The molecule has 0 aromatic heterocycles. The Morgan fingerprint density at radius 3 is 2.59 bits per heavy atom. The quantitative estimate of drug-likeness (QED) is 0.670. The molecular formula is C26H33ClN4O3. The Kier molecular flexibility index (Phi) is 8.29. The van der Waals surface area contributed by atoms with Crippen molar-refractivity contribution in [3.63, 3.8) is 0 Å². The number of anilines is 1. The fourth-order valence-electron chi connectivity index (χ4n) is 4.59. The molecule has 0 bridgehead atoms. The van der Waals surface area contributed by atoms with Gasteiger partial charge < -0.3 is 19.9 Å². The highest BCUT2D eigenvalue weighted by molar-refractivity contribution is 6.32. The summed E-state index contributed by atoms with van der Waals surface area (Å²) in [7, 11) is 0. The maximum atomic E-state index is 13.2. The third-order valence-electron chi connectivity index (χ3n) is 6.51. The van der Waals surface area contributed by atoms with Crippen molar-refractivity contribution in [3.05, 3.63) is 59.1 Å². The molecule has 0 radical (unpaired) electrons. The van der Waals surface area contributed by atoms with E-state index in [4.69, 9.17) is 16.3 Å². The molecule has 1 N–H and O–H groups in total. The van der Waals surface area contributed by atoms with E-state index in [-0.39, 0.29) is 17.9 Å². The highest BCUT2D eigenvalue weighted by Crippen LogP contribution is 2.23. The Hall–Kier alpha value is -2.77. The summed E-state index contributed by atoms with van der Waals surface area (Å²) in [6.07, 6.45) is 1.68. The first-order chi connectivity index (χ1) is 16.5. The van der Waals surface area contributed by atoms with Crippen LogP contribution in [-0.2, 0) is 4.79 Å². The molecule has 1 unspecified atom stereocenters. The summed E-state index contributed by atoms with van der Waals surface area (Å²) in [6.45, 7) is 7.56. The largest absolute Gasteiger partial charge is 0.491 e. The van der Waals surface area contributed by atoms with Crippen molar-refractivity contribution >= 4 is 29.2 Å². The first-order valence-electron chi connectivity index (χ1n) is 12.0. The van der Waals surface area contributed by atoms with Gasteiger partial charge in [0.2, 0.25) is 5.91 Å². The predicted octanol–water partition coefficient (Wildman–Crippen LogP) is 4.12. The number of aryl methyl sites for hydroxylation is 1. The average Bonchev–Trinajstić information content (AvgIpc) is 2.85. The number of amides is 3.